The quantitative estimate of drug-likeness (QED) is 0.372. The van der Waals surface area contributed by atoms with Crippen molar-refractivity contribution >= 4 is 26.6 Å². The van der Waals surface area contributed by atoms with Crippen LogP contribution in [0.15, 0.2) is 72.0 Å². The number of H-pyrrole nitrogens is 2. The molecule has 0 saturated heterocycles. The van der Waals surface area contributed by atoms with Crippen LogP contribution in [0, 0.1) is 0 Å². The molecule has 5 aromatic rings. The van der Waals surface area contributed by atoms with Crippen molar-refractivity contribution in [1.29, 1.82) is 0 Å². The molecule has 5 rings (SSSR count). The van der Waals surface area contributed by atoms with Crippen LogP contribution in [0.3, 0.4) is 0 Å². The minimum Gasteiger partial charge on any atom is -0.346 e. The molecule has 0 aliphatic heterocycles. The monoisotopic (exact) mass is 447 g/mol. The number of sulfonamides is 1. The van der Waals surface area contributed by atoms with Crippen LogP contribution in [-0.4, -0.2) is 34.0 Å². The lowest BCUT2D eigenvalue weighted by Crippen LogP contribution is -2.21. The predicted molar refractivity (Wildman–Crippen MR) is 124 cm³/mol. The highest BCUT2D eigenvalue weighted by atomic mass is 32.2. The van der Waals surface area contributed by atoms with Gasteiger partial charge in [-0.2, -0.15) is 0 Å². The zero-order valence-electron chi connectivity index (χ0n) is 17.3. The van der Waals surface area contributed by atoms with Gasteiger partial charge in [-0.1, -0.05) is 24.3 Å². The van der Waals surface area contributed by atoms with E-state index in [0.717, 1.165) is 45.2 Å². The third kappa shape index (κ3) is 3.95. The molecule has 1 aromatic carbocycles. The molecule has 0 unspecified atom stereocenters. The Kier molecular flexibility index (Phi) is 4.91. The van der Waals surface area contributed by atoms with Gasteiger partial charge in [0, 0.05) is 60.0 Å². The summed E-state index contributed by atoms with van der Waals surface area (Å²) in [5.74, 6) is 0. The van der Waals surface area contributed by atoms with E-state index in [-0.39, 0.29) is 12.1 Å². The van der Waals surface area contributed by atoms with Crippen molar-refractivity contribution in [2.24, 2.45) is 0 Å². The molecule has 0 spiro atoms. The highest BCUT2D eigenvalue weighted by Gasteiger charge is 2.13. The van der Waals surface area contributed by atoms with Gasteiger partial charge in [-0.05, 0) is 29.3 Å². The Balaban J connectivity index is 1.47. The molecule has 0 saturated carbocycles. The summed E-state index contributed by atoms with van der Waals surface area (Å²) in [6.07, 6.45) is 9.10. The Labute approximate surface area is 184 Å². The van der Waals surface area contributed by atoms with Crippen LogP contribution in [-0.2, 0) is 23.0 Å². The molecule has 0 radical (unpaired) electrons. The minimum absolute atomic E-state index is 0.153. The van der Waals surface area contributed by atoms with Crippen LogP contribution >= 0.6 is 0 Å². The first-order valence-corrected chi connectivity index (χ1v) is 11.9. The first-order valence-electron chi connectivity index (χ1n) is 10.0. The first kappa shape index (κ1) is 20.2. The van der Waals surface area contributed by atoms with Crippen LogP contribution < -0.4 is 10.3 Å². The molecule has 0 aliphatic carbocycles. The van der Waals surface area contributed by atoms with Crippen molar-refractivity contribution in [2.45, 2.75) is 13.0 Å². The Bertz CT molecular complexity index is 1590. The van der Waals surface area contributed by atoms with Gasteiger partial charge in [0.1, 0.15) is 11.2 Å². The summed E-state index contributed by atoms with van der Waals surface area (Å²) in [6.45, 7) is 0.252. The van der Waals surface area contributed by atoms with E-state index in [0.29, 0.717) is 11.9 Å². The van der Waals surface area contributed by atoms with Gasteiger partial charge >= 0.3 is 0 Å². The summed E-state index contributed by atoms with van der Waals surface area (Å²) in [7, 11) is -3.23. The SMILES string of the molecule is CS(=O)(=O)NCc1ccc(Cc2c[nH]c(=O)c3cc(-c4c[nH]c5ncccc45)cn23)cc1. The molecule has 4 aromatic heterocycles. The fourth-order valence-corrected chi connectivity index (χ4v) is 4.27. The standard InChI is InChI=1S/C23H21N5O3S/c1-32(30,31)27-11-16-6-4-15(5-7-16)9-18-12-26-23(29)21-10-17(14-28(18)21)20-13-25-22-19(20)3-2-8-24-22/h2-8,10,12-14,27H,9,11H2,1H3,(H,24,25)(H,26,29). The number of aromatic amines is 2. The fraction of sp³-hybridized carbons (Fsp3) is 0.130. The number of nitrogens with one attached hydrogen (secondary N) is 3. The molecule has 0 fully saturated rings. The number of nitrogens with zero attached hydrogens (tertiary/aromatic N) is 2. The maximum atomic E-state index is 12.5. The fourth-order valence-electron chi connectivity index (χ4n) is 3.84. The highest BCUT2D eigenvalue weighted by molar-refractivity contribution is 7.88. The van der Waals surface area contributed by atoms with E-state index in [1.165, 1.54) is 0 Å². The molecule has 162 valence electrons. The second kappa shape index (κ2) is 7.77. The number of benzene rings is 1. The molecule has 0 amide bonds. The lowest BCUT2D eigenvalue weighted by molar-refractivity contribution is 0.587. The average Bonchev–Trinajstić information content (AvgIpc) is 3.40. The lowest BCUT2D eigenvalue weighted by atomic mass is 10.1. The molecular formula is C23H21N5O3S. The van der Waals surface area contributed by atoms with Crippen molar-refractivity contribution in [3.05, 3.63) is 94.4 Å². The van der Waals surface area contributed by atoms with Crippen LogP contribution in [0.25, 0.3) is 27.7 Å². The van der Waals surface area contributed by atoms with Crippen molar-refractivity contribution < 1.29 is 8.42 Å². The smallest absolute Gasteiger partial charge is 0.272 e. The Morgan fingerprint density at radius 3 is 2.62 bits per heavy atom. The van der Waals surface area contributed by atoms with Crippen molar-refractivity contribution in [2.75, 3.05) is 6.26 Å². The Hall–Kier alpha value is -3.69. The number of aromatic nitrogens is 4. The van der Waals surface area contributed by atoms with Gasteiger partial charge in [0.2, 0.25) is 10.0 Å². The second-order valence-corrected chi connectivity index (χ2v) is 9.61. The van der Waals surface area contributed by atoms with Gasteiger partial charge in [-0.3, -0.25) is 4.79 Å². The summed E-state index contributed by atoms with van der Waals surface area (Å²) in [5.41, 5.74) is 6.01. The molecule has 0 bridgehead atoms. The molecule has 0 atom stereocenters. The largest absolute Gasteiger partial charge is 0.346 e. The zero-order chi connectivity index (χ0) is 22.3. The molecule has 4 heterocycles. The normalized spacial score (nSPS) is 12.0. The summed E-state index contributed by atoms with van der Waals surface area (Å²) in [6, 6.07) is 13.5. The molecule has 32 heavy (non-hydrogen) atoms. The van der Waals surface area contributed by atoms with Gasteiger partial charge in [-0.15, -0.1) is 0 Å². The number of pyridine rings is 1. The lowest BCUT2D eigenvalue weighted by Gasteiger charge is -2.07. The molecule has 0 aliphatic rings. The van der Waals surface area contributed by atoms with Gasteiger partial charge in [0.05, 0.1) is 6.26 Å². The van der Waals surface area contributed by atoms with Gasteiger partial charge in [-0.25, -0.2) is 18.1 Å². The summed E-state index contributed by atoms with van der Waals surface area (Å²) < 4.78 is 27.0. The Morgan fingerprint density at radius 2 is 1.84 bits per heavy atom. The highest BCUT2D eigenvalue weighted by Crippen LogP contribution is 2.29. The number of hydrogen-bond donors (Lipinski definition) is 3. The molecule has 9 heteroatoms. The van der Waals surface area contributed by atoms with Crippen LogP contribution in [0.4, 0.5) is 0 Å². The second-order valence-electron chi connectivity index (χ2n) is 7.78. The maximum absolute atomic E-state index is 12.5. The number of rotatable bonds is 6. The Morgan fingerprint density at radius 1 is 1.06 bits per heavy atom. The number of hydrogen-bond acceptors (Lipinski definition) is 4. The van der Waals surface area contributed by atoms with Crippen LogP contribution in [0.2, 0.25) is 0 Å². The van der Waals surface area contributed by atoms with Crippen molar-refractivity contribution in [3.8, 4) is 11.1 Å². The van der Waals surface area contributed by atoms with Gasteiger partial charge in [0.25, 0.3) is 5.56 Å². The molecular weight excluding hydrogens is 426 g/mol. The van der Waals surface area contributed by atoms with Crippen molar-refractivity contribution in [1.82, 2.24) is 24.1 Å². The van der Waals surface area contributed by atoms with E-state index in [9.17, 15) is 13.2 Å². The van der Waals surface area contributed by atoms with Crippen molar-refractivity contribution in [3.63, 3.8) is 0 Å². The van der Waals surface area contributed by atoms with E-state index < -0.39 is 10.0 Å². The number of fused-ring (bicyclic) bond motifs is 2. The summed E-state index contributed by atoms with van der Waals surface area (Å²) >= 11 is 0. The van der Waals surface area contributed by atoms with Crippen LogP contribution in [0.1, 0.15) is 16.8 Å². The van der Waals surface area contributed by atoms with E-state index in [1.54, 1.807) is 12.4 Å². The van der Waals surface area contributed by atoms with E-state index in [2.05, 4.69) is 19.7 Å². The maximum Gasteiger partial charge on any atom is 0.272 e. The topological polar surface area (TPSA) is 112 Å². The summed E-state index contributed by atoms with van der Waals surface area (Å²) in [5, 5.41) is 1.000. The molecule has 8 nitrogen and oxygen atoms in total. The molecule has 3 N–H and O–H groups in total. The van der Waals surface area contributed by atoms with E-state index >= 15 is 0 Å². The van der Waals surface area contributed by atoms with E-state index in [1.807, 2.05) is 59.3 Å². The predicted octanol–water partition coefficient (Wildman–Crippen LogP) is 2.81. The third-order valence-corrected chi connectivity index (χ3v) is 6.11. The summed E-state index contributed by atoms with van der Waals surface area (Å²) in [4.78, 5) is 22.8. The zero-order valence-corrected chi connectivity index (χ0v) is 18.1. The van der Waals surface area contributed by atoms with Gasteiger partial charge in [0.15, 0.2) is 0 Å². The minimum atomic E-state index is -3.23. The van der Waals surface area contributed by atoms with E-state index in [4.69, 9.17) is 0 Å². The van der Waals surface area contributed by atoms with Gasteiger partial charge < -0.3 is 14.4 Å². The van der Waals surface area contributed by atoms with Crippen LogP contribution in [0.5, 0.6) is 0 Å². The first-order chi connectivity index (χ1) is 15.4. The average molecular weight is 448 g/mol. The third-order valence-electron chi connectivity index (χ3n) is 5.44.